The first-order valence-corrected chi connectivity index (χ1v) is 11.0. The molecule has 3 aromatic heterocycles. The molecule has 9 heteroatoms. The number of aliphatic hydroxyl groups excluding tert-OH is 1. The van der Waals surface area contributed by atoms with E-state index < -0.39 is 0 Å². The van der Waals surface area contributed by atoms with E-state index in [4.69, 9.17) is 0 Å². The van der Waals surface area contributed by atoms with E-state index in [-0.39, 0.29) is 12.2 Å². The zero-order chi connectivity index (χ0) is 19.3. The third kappa shape index (κ3) is 2.69. The maximum Gasteiger partial charge on any atom is 0.268 e. The number of benzene rings is 1. The van der Waals surface area contributed by atoms with Gasteiger partial charge in [0, 0.05) is 12.2 Å². The number of aromatic nitrogens is 4. The Labute approximate surface area is 169 Å². The number of likely N-dealkylation sites (N-methyl/N-ethyl adjacent to an activating group) is 1. The molecular weight excluding hydrogens is 394 g/mol. The molecule has 0 saturated heterocycles. The van der Waals surface area contributed by atoms with Gasteiger partial charge in [-0.05, 0) is 17.7 Å². The third-order valence-corrected chi connectivity index (χ3v) is 7.24. The maximum atomic E-state index is 13.6. The van der Waals surface area contributed by atoms with Crippen LogP contribution < -0.4 is 10.5 Å². The highest BCUT2D eigenvalue weighted by molar-refractivity contribution is 7.99. The highest BCUT2D eigenvalue weighted by Crippen LogP contribution is 2.33. The fraction of sp³-hybridized carbons (Fsp3) is 0.316. The fourth-order valence-corrected chi connectivity index (χ4v) is 6.00. The number of fused-ring (bicyclic) bond motifs is 5. The Morgan fingerprint density at radius 2 is 2.11 bits per heavy atom. The predicted octanol–water partition coefficient (Wildman–Crippen LogP) is 0.750. The van der Waals surface area contributed by atoms with Crippen LogP contribution in [0.1, 0.15) is 10.4 Å². The van der Waals surface area contributed by atoms with Crippen molar-refractivity contribution in [1.82, 2.24) is 19.2 Å². The highest BCUT2D eigenvalue weighted by atomic mass is 32.2. The first-order valence-electron chi connectivity index (χ1n) is 9.24. The average Bonchev–Trinajstić information content (AvgIpc) is 3.28. The number of hydrogen-bond acceptors (Lipinski definition) is 6. The Hall–Kier alpha value is -2.20. The van der Waals surface area contributed by atoms with Crippen LogP contribution in [0.25, 0.3) is 21.7 Å². The van der Waals surface area contributed by atoms with Gasteiger partial charge in [0.2, 0.25) is 5.78 Å². The molecule has 0 saturated carbocycles. The first-order chi connectivity index (χ1) is 13.7. The number of aliphatic hydroxyl groups is 1. The highest BCUT2D eigenvalue weighted by Gasteiger charge is 2.28. The van der Waals surface area contributed by atoms with Crippen molar-refractivity contribution < 1.29 is 10.0 Å². The van der Waals surface area contributed by atoms with Gasteiger partial charge in [0.25, 0.3) is 5.56 Å². The zero-order valence-electron chi connectivity index (χ0n) is 15.4. The molecule has 1 aliphatic heterocycles. The Balaban J connectivity index is 1.90. The molecule has 0 spiro atoms. The lowest BCUT2D eigenvalue weighted by Gasteiger charge is -2.19. The number of hydrogen-bond donors (Lipinski definition) is 2. The predicted molar refractivity (Wildman–Crippen MR) is 111 cm³/mol. The van der Waals surface area contributed by atoms with Crippen molar-refractivity contribution in [2.45, 2.75) is 18.1 Å². The van der Waals surface area contributed by atoms with E-state index >= 15 is 0 Å². The molecule has 4 heterocycles. The van der Waals surface area contributed by atoms with Gasteiger partial charge in [-0.15, -0.1) is 21.5 Å². The maximum absolute atomic E-state index is 13.6. The minimum Gasteiger partial charge on any atom is -0.396 e. The Morgan fingerprint density at radius 1 is 1.29 bits per heavy atom. The molecule has 7 nitrogen and oxygen atoms in total. The quantitative estimate of drug-likeness (QED) is 0.482. The smallest absolute Gasteiger partial charge is 0.268 e. The average molecular weight is 415 g/mol. The summed E-state index contributed by atoms with van der Waals surface area (Å²) in [7, 11) is 2.19. The summed E-state index contributed by atoms with van der Waals surface area (Å²) in [4.78, 5) is 17.3. The van der Waals surface area contributed by atoms with Crippen molar-refractivity contribution >= 4 is 39.1 Å². The number of thioether (sulfide) groups is 1. The summed E-state index contributed by atoms with van der Waals surface area (Å²) in [5, 5.41) is 19.4. The number of thiophene rings is 1. The normalized spacial score (nSPS) is 16.7. The summed E-state index contributed by atoms with van der Waals surface area (Å²) < 4.78 is 3.65. The topological polar surface area (TPSA) is 76.9 Å². The molecule has 0 fully saturated rings. The lowest BCUT2D eigenvalue weighted by Crippen LogP contribution is -3.08. The molecule has 144 valence electrons. The number of quaternary nitrogens is 1. The summed E-state index contributed by atoms with van der Waals surface area (Å²) in [6, 6.07) is 9.60. The molecule has 2 N–H and O–H groups in total. The van der Waals surface area contributed by atoms with Gasteiger partial charge in [0.1, 0.15) is 11.4 Å². The van der Waals surface area contributed by atoms with Crippen molar-refractivity contribution in [2.75, 3.05) is 26.0 Å². The summed E-state index contributed by atoms with van der Waals surface area (Å²) in [6.45, 7) is 2.02. The fourth-order valence-electron chi connectivity index (χ4n) is 3.81. The third-order valence-electron chi connectivity index (χ3n) is 5.11. The van der Waals surface area contributed by atoms with E-state index in [0.29, 0.717) is 16.7 Å². The van der Waals surface area contributed by atoms with Crippen molar-refractivity contribution in [1.29, 1.82) is 0 Å². The molecule has 0 bridgehead atoms. The summed E-state index contributed by atoms with van der Waals surface area (Å²) in [5.74, 6) is 1.05. The number of rotatable bonds is 4. The Bertz CT molecular complexity index is 1230. The van der Waals surface area contributed by atoms with Crippen molar-refractivity contribution in [3.05, 3.63) is 51.1 Å². The van der Waals surface area contributed by atoms with E-state index in [1.54, 1.807) is 15.9 Å². The number of para-hydroxylation sites is 1. The standard InChI is InChI=1S/C19H19N5O2S2/c1-22-8-7-13-14(11-22)28-17-15(13)16(26)23(12-5-3-2-4-6-12)18-20-21-19(24(17)18)27-10-9-25/h2-6,25H,7-11H2,1H3/p+1. The van der Waals surface area contributed by atoms with Crippen LogP contribution in [0, 0.1) is 0 Å². The second kappa shape index (κ2) is 7.00. The van der Waals surface area contributed by atoms with E-state index in [2.05, 4.69) is 17.2 Å². The summed E-state index contributed by atoms with van der Waals surface area (Å²) in [5.41, 5.74) is 1.93. The van der Waals surface area contributed by atoms with Gasteiger partial charge in [-0.25, -0.2) is 8.97 Å². The molecule has 1 unspecified atom stereocenters. The van der Waals surface area contributed by atoms with Gasteiger partial charge in [-0.3, -0.25) is 4.79 Å². The molecular formula is C19H20N5O2S2+. The minimum absolute atomic E-state index is 0.0307. The number of nitrogens with one attached hydrogen (secondary N) is 1. The Morgan fingerprint density at radius 3 is 2.89 bits per heavy atom. The SMILES string of the molecule is C[NH+]1CCc2c(sc3c2c(=O)n(-c2ccccc2)c2nnc(SCCO)n32)C1. The van der Waals surface area contributed by atoms with Crippen LogP contribution >= 0.6 is 23.1 Å². The van der Waals surface area contributed by atoms with Gasteiger partial charge >= 0.3 is 0 Å². The van der Waals surface area contributed by atoms with Gasteiger partial charge < -0.3 is 10.0 Å². The van der Waals surface area contributed by atoms with E-state index in [1.807, 2.05) is 34.7 Å². The monoisotopic (exact) mass is 414 g/mol. The first kappa shape index (κ1) is 17.9. The molecule has 0 aliphatic carbocycles. The van der Waals surface area contributed by atoms with Crippen LogP contribution in [0.4, 0.5) is 0 Å². The van der Waals surface area contributed by atoms with Gasteiger partial charge in [0.05, 0.1) is 36.2 Å². The van der Waals surface area contributed by atoms with Gasteiger partial charge in [0.15, 0.2) is 5.16 Å². The molecule has 5 rings (SSSR count). The van der Waals surface area contributed by atoms with Crippen LogP contribution in [-0.2, 0) is 13.0 Å². The largest absolute Gasteiger partial charge is 0.396 e. The zero-order valence-corrected chi connectivity index (χ0v) is 17.0. The second-order valence-corrected chi connectivity index (χ2v) is 9.13. The van der Waals surface area contributed by atoms with E-state index in [9.17, 15) is 9.90 Å². The van der Waals surface area contributed by atoms with Crippen molar-refractivity contribution in [3.8, 4) is 5.69 Å². The van der Waals surface area contributed by atoms with Crippen LogP contribution in [0.2, 0.25) is 0 Å². The van der Waals surface area contributed by atoms with Crippen LogP contribution in [0.5, 0.6) is 0 Å². The summed E-state index contributed by atoms with van der Waals surface area (Å²) >= 11 is 3.13. The lowest BCUT2D eigenvalue weighted by atomic mass is 10.1. The molecule has 28 heavy (non-hydrogen) atoms. The number of nitrogens with zero attached hydrogens (tertiary/aromatic N) is 4. The molecule has 0 radical (unpaired) electrons. The minimum atomic E-state index is -0.0307. The van der Waals surface area contributed by atoms with Gasteiger partial charge in [-0.2, -0.15) is 0 Å². The van der Waals surface area contributed by atoms with Gasteiger partial charge in [-0.1, -0.05) is 30.0 Å². The van der Waals surface area contributed by atoms with Crippen molar-refractivity contribution in [2.24, 2.45) is 0 Å². The second-order valence-electron chi connectivity index (χ2n) is 6.98. The summed E-state index contributed by atoms with van der Waals surface area (Å²) in [6.07, 6.45) is 0.901. The van der Waals surface area contributed by atoms with E-state index in [1.165, 1.54) is 27.1 Å². The Kier molecular flexibility index (Phi) is 4.47. The van der Waals surface area contributed by atoms with Crippen LogP contribution in [-0.4, -0.2) is 50.2 Å². The molecule has 0 amide bonds. The molecule has 4 aromatic rings. The molecule has 1 aromatic carbocycles. The van der Waals surface area contributed by atoms with E-state index in [0.717, 1.165) is 35.4 Å². The van der Waals surface area contributed by atoms with Crippen molar-refractivity contribution in [3.63, 3.8) is 0 Å². The molecule has 1 atom stereocenters. The molecule has 1 aliphatic rings. The van der Waals surface area contributed by atoms with Crippen LogP contribution in [0.3, 0.4) is 0 Å². The van der Waals surface area contributed by atoms with Crippen LogP contribution in [0.15, 0.2) is 40.3 Å². The lowest BCUT2D eigenvalue weighted by molar-refractivity contribution is -0.895.